The van der Waals surface area contributed by atoms with Crippen LogP contribution in [0.1, 0.15) is 26.7 Å². The van der Waals surface area contributed by atoms with E-state index in [0.717, 1.165) is 0 Å². The number of carboxylic acid groups (broad SMARTS) is 1. The van der Waals surface area contributed by atoms with Crippen molar-refractivity contribution in [2.24, 2.45) is 5.41 Å². The van der Waals surface area contributed by atoms with Gasteiger partial charge in [-0.15, -0.1) is 0 Å². The second-order valence-corrected chi connectivity index (χ2v) is 6.80. The fraction of sp³-hybridized carbons (Fsp3) is 0.889. The fourth-order valence-corrected chi connectivity index (χ4v) is 2.48. The summed E-state index contributed by atoms with van der Waals surface area (Å²) in [7, 11) is 0. The van der Waals surface area contributed by atoms with Crippen LogP contribution in [-0.2, 0) is 4.79 Å². The van der Waals surface area contributed by atoms with Gasteiger partial charge in [-0.3, -0.25) is 4.79 Å². The van der Waals surface area contributed by atoms with Gasteiger partial charge in [-0.1, -0.05) is 29.8 Å². The molecule has 0 aromatic rings. The van der Waals surface area contributed by atoms with Gasteiger partial charge in [-0.05, 0) is 21.3 Å². The van der Waals surface area contributed by atoms with E-state index >= 15 is 0 Å². The summed E-state index contributed by atoms with van der Waals surface area (Å²) in [5, 5.41) is 8.61. The maximum Gasteiger partial charge on any atom is 0.432 e. The van der Waals surface area contributed by atoms with E-state index in [1.165, 1.54) is 13.8 Å². The van der Waals surface area contributed by atoms with Gasteiger partial charge in [0.2, 0.25) is 0 Å². The highest BCUT2D eigenvalue weighted by Gasteiger charge is 2.56. The third-order valence-electron chi connectivity index (χ3n) is 2.31. The molecule has 0 aliphatic carbocycles. The standard InChI is InChI=1S/C9H12Br2F4O2/c1-7(2,4-6(16)17)5(10)3-8(11,12)9(13,14)15/h5H,3-4H2,1-2H3,(H,16,17). The molecule has 17 heavy (non-hydrogen) atoms. The van der Waals surface area contributed by atoms with Gasteiger partial charge in [0.15, 0.2) is 0 Å². The highest BCUT2D eigenvalue weighted by molar-refractivity contribution is 9.10. The Labute approximate surface area is 113 Å². The highest BCUT2D eigenvalue weighted by Crippen LogP contribution is 2.47. The predicted octanol–water partition coefficient (Wildman–Crippen LogP) is 4.26. The lowest BCUT2D eigenvalue weighted by Crippen LogP contribution is -2.40. The Morgan fingerprint density at radius 1 is 1.29 bits per heavy atom. The van der Waals surface area contributed by atoms with Gasteiger partial charge in [0.25, 0.3) is 4.58 Å². The molecule has 8 heteroatoms. The molecule has 0 aliphatic heterocycles. The molecular formula is C9H12Br2F4O2. The molecule has 0 heterocycles. The van der Waals surface area contributed by atoms with E-state index in [4.69, 9.17) is 5.11 Å². The Morgan fingerprint density at radius 3 is 2.00 bits per heavy atom. The quantitative estimate of drug-likeness (QED) is 0.565. The number of halogens is 6. The molecule has 0 rings (SSSR count). The molecule has 2 atom stereocenters. The van der Waals surface area contributed by atoms with E-state index in [9.17, 15) is 22.4 Å². The van der Waals surface area contributed by atoms with Gasteiger partial charge in [0.1, 0.15) is 0 Å². The predicted molar refractivity (Wildman–Crippen MR) is 62.2 cm³/mol. The van der Waals surface area contributed by atoms with E-state index in [1.54, 1.807) is 0 Å². The number of alkyl halides is 6. The summed E-state index contributed by atoms with van der Waals surface area (Å²) in [6.07, 6.45) is -6.31. The van der Waals surface area contributed by atoms with E-state index in [0.29, 0.717) is 0 Å². The SMILES string of the molecule is CC(C)(CC(=O)O)C(Br)CC(F)(Br)C(F)(F)F. The van der Waals surface area contributed by atoms with E-state index in [-0.39, 0.29) is 6.42 Å². The number of hydrogen-bond acceptors (Lipinski definition) is 1. The normalized spacial score (nSPS) is 18.6. The van der Waals surface area contributed by atoms with Gasteiger partial charge >= 0.3 is 12.1 Å². The van der Waals surface area contributed by atoms with Crippen molar-refractivity contribution in [1.29, 1.82) is 0 Å². The van der Waals surface area contributed by atoms with Crippen molar-refractivity contribution in [3.8, 4) is 0 Å². The molecule has 0 fully saturated rings. The minimum atomic E-state index is -5.04. The van der Waals surface area contributed by atoms with Gasteiger partial charge < -0.3 is 5.11 Å². The number of carbonyl (C=O) groups is 1. The van der Waals surface area contributed by atoms with E-state index < -0.39 is 33.4 Å². The number of aliphatic carboxylic acids is 1. The Hall–Kier alpha value is 0.150. The summed E-state index contributed by atoms with van der Waals surface area (Å²) in [5.74, 6) is -1.15. The second kappa shape index (κ2) is 5.42. The topological polar surface area (TPSA) is 37.3 Å². The molecule has 0 aliphatic rings. The van der Waals surface area contributed by atoms with Crippen molar-refractivity contribution in [3.05, 3.63) is 0 Å². The number of carboxylic acids is 1. The minimum absolute atomic E-state index is 0.357. The smallest absolute Gasteiger partial charge is 0.432 e. The van der Waals surface area contributed by atoms with Crippen LogP contribution in [0, 0.1) is 5.41 Å². The first-order chi connectivity index (χ1) is 7.29. The Bertz CT molecular complexity index is 289. The molecule has 0 saturated carbocycles. The van der Waals surface area contributed by atoms with Crippen LogP contribution in [0.4, 0.5) is 17.6 Å². The molecule has 2 unspecified atom stereocenters. The average molecular weight is 388 g/mol. The lowest BCUT2D eigenvalue weighted by Gasteiger charge is -2.33. The van der Waals surface area contributed by atoms with Crippen LogP contribution in [0.5, 0.6) is 0 Å². The molecule has 0 aromatic carbocycles. The number of hydrogen-bond donors (Lipinski definition) is 1. The first kappa shape index (κ1) is 17.2. The van der Waals surface area contributed by atoms with Crippen molar-refractivity contribution in [2.45, 2.75) is 42.3 Å². The van der Waals surface area contributed by atoms with Crippen molar-refractivity contribution >= 4 is 37.8 Å². The monoisotopic (exact) mass is 386 g/mol. The maximum absolute atomic E-state index is 13.3. The van der Waals surface area contributed by atoms with Gasteiger partial charge in [0, 0.05) is 11.2 Å². The van der Waals surface area contributed by atoms with E-state index in [1.807, 2.05) is 15.9 Å². The highest BCUT2D eigenvalue weighted by atomic mass is 79.9. The van der Waals surface area contributed by atoms with Crippen molar-refractivity contribution in [3.63, 3.8) is 0 Å². The minimum Gasteiger partial charge on any atom is -0.481 e. The van der Waals surface area contributed by atoms with Gasteiger partial charge in [-0.25, -0.2) is 4.39 Å². The molecule has 0 spiro atoms. The zero-order valence-electron chi connectivity index (χ0n) is 9.11. The summed E-state index contributed by atoms with van der Waals surface area (Å²) in [4.78, 5) is 9.60. The third kappa shape index (κ3) is 5.11. The van der Waals surface area contributed by atoms with Crippen LogP contribution < -0.4 is 0 Å². The Kier molecular flexibility index (Phi) is 5.47. The van der Waals surface area contributed by atoms with Gasteiger partial charge in [0.05, 0.1) is 6.42 Å². The third-order valence-corrected chi connectivity index (χ3v) is 4.64. The van der Waals surface area contributed by atoms with Gasteiger partial charge in [-0.2, -0.15) is 13.2 Å². The second-order valence-electron chi connectivity index (χ2n) is 4.43. The maximum atomic E-state index is 13.3. The first-order valence-corrected chi connectivity index (χ1v) is 6.31. The molecule has 0 aromatic heterocycles. The molecule has 2 nitrogen and oxygen atoms in total. The molecule has 0 radical (unpaired) electrons. The lowest BCUT2D eigenvalue weighted by molar-refractivity contribution is -0.194. The summed E-state index contributed by atoms with van der Waals surface area (Å²) < 4.78 is 46.7. The van der Waals surface area contributed by atoms with Crippen molar-refractivity contribution in [2.75, 3.05) is 0 Å². The van der Waals surface area contributed by atoms with Crippen LogP contribution in [-0.4, -0.2) is 26.7 Å². The lowest BCUT2D eigenvalue weighted by atomic mass is 9.83. The molecule has 0 saturated heterocycles. The zero-order chi connectivity index (χ0) is 14.1. The first-order valence-electron chi connectivity index (χ1n) is 4.60. The van der Waals surface area contributed by atoms with E-state index in [2.05, 4.69) is 15.9 Å². The molecule has 0 amide bonds. The van der Waals surface area contributed by atoms with Crippen LogP contribution in [0.25, 0.3) is 0 Å². The van der Waals surface area contributed by atoms with Crippen LogP contribution in [0.2, 0.25) is 0 Å². The molecule has 0 bridgehead atoms. The van der Waals surface area contributed by atoms with Crippen molar-refractivity contribution in [1.82, 2.24) is 0 Å². The summed E-state index contributed by atoms with van der Waals surface area (Å²) in [5.41, 5.74) is -0.998. The van der Waals surface area contributed by atoms with Crippen LogP contribution in [0.3, 0.4) is 0 Å². The molecule has 1 N–H and O–H groups in total. The van der Waals surface area contributed by atoms with Crippen molar-refractivity contribution < 1.29 is 27.5 Å². The molecule has 102 valence electrons. The summed E-state index contributed by atoms with van der Waals surface area (Å²) in [6.45, 7) is 2.92. The van der Waals surface area contributed by atoms with Crippen LogP contribution in [0.15, 0.2) is 0 Å². The molecular weight excluding hydrogens is 376 g/mol. The fourth-order valence-electron chi connectivity index (χ4n) is 1.12. The number of rotatable bonds is 5. The summed E-state index contributed by atoms with van der Waals surface area (Å²) >= 11 is 4.92. The largest absolute Gasteiger partial charge is 0.481 e. The summed E-state index contributed by atoms with van der Waals surface area (Å²) in [6, 6.07) is 0. The Morgan fingerprint density at radius 2 is 1.71 bits per heavy atom. The average Bonchev–Trinajstić information content (AvgIpc) is 1.97. The zero-order valence-corrected chi connectivity index (χ0v) is 12.3. The van der Waals surface area contributed by atoms with Crippen LogP contribution >= 0.6 is 31.9 Å². The Balaban J connectivity index is 4.75.